The Morgan fingerprint density at radius 3 is 2.44 bits per heavy atom. The van der Waals surface area contributed by atoms with Gasteiger partial charge in [-0.25, -0.2) is 0 Å². The van der Waals surface area contributed by atoms with Crippen LogP contribution in [0.1, 0.15) is 11.1 Å². The molecule has 2 aromatic carbocycles. The zero-order valence-electron chi connectivity index (χ0n) is 15.1. The van der Waals surface area contributed by atoms with Gasteiger partial charge in [-0.2, -0.15) is 5.26 Å². The third-order valence-electron chi connectivity index (χ3n) is 4.29. The van der Waals surface area contributed by atoms with E-state index in [0.717, 1.165) is 11.1 Å². The lowest BCUT2D eigenvalue weighted by atomic mass is 10.1. The number of likely N-dealkylation sites (N-methyl/N-ethyl adjacent to an activating group) is 1. The number of anilines is 1. The molecule has 0 aromatic heterocycles. The maximum Gasteiger partial charge on any atom is 0.264 e. The van der Waals surface area contributed by atoms with Crippen molar-refractivity contribution in [2.24, 2.45) is 0 Å². The standard InChI is InChI=1S/C21H19N3O2S/c1-14-8-10-15(11-9-14)12-18-20(26)24(16-6-4-3-5-7-16)21(27-18)17(13-22)19(25)23-2/h3-11,18H,12H2,1-2H3,(H,23,25)/b21-17+. The average molecular weight is 377 g/mol. The number of nitrogens with one attached hydrogen (secondary N) is 1. The summed E-state index contributed by atoms with van der Waals surface area (Å²) in [6.45, 7) is 2.01. The summed E-state index contributed by atoms with van der Waals surface area (Å²) in [5, 5.41) is 12.0. The van der Waals surface area contributed by atoms with E-state index in [1.807, 2.05) is 55.5 Å². The first-order valence-corrected chi connectivity index (χ1v) is 9.40. The fourth-order valence-electron chi connectivity index (χ4n) is 2.86. The smallest absolute Gasteiger partial charge is 0.264 e. The molecule has 1 aliphatic heterocycles. The number of aryl methyl sites for hydroxylation is 1. The normalized spacial score (nSPS) is 18.2. The van der Waals surface area contributed by atoms with Crippen LogP contribution < -0.4 is 10.2 Å². The number of hydrogen-bond donors (Lipinski definition) is 1. The van der Waals surface area contributed by atoms with Gasteiger partial charge in [-0.15, -0.1) is 0 Å². The SMILES string of the molecule is CNC(=O)/C(C#N)=C1/SC(Cc2ccc(C)cc2)C(=O)N1c1ccccc1. The van der Waals surface area contributed by atoms with E-state index in [1.54, 1.807) is 12.1 Å². The third-order valence-corrected chi connectivity index (χ3v) is 5.55. The summed E-state index contributed by atoms with van der Waals surface area (Å²) in [5.41, 5.74) is 2.79. The number of hydrogen-bond acceptors (Lipinski definition) is 4. The third kappa shape index (κ3) is 3.88. The molecule has 2 aromatic rings. The van der Waals surface area contributed by atoms with Crippen molar-refractivity contribution < 1.29 is 9.59 Å². The Bertz CT molecular complexity index is 930. The van der Waals surface area contributed by atoms with Crippen LogP contribution in [0.5, 0.6) is 0 Å². The monoisotopic (exact) mass is 377 g/mol. The number of rotatable bonds is 4. The fraction of sp³-hybridized carbons (Fsp3) is 0.190. The van der Waals surface area contributed by atoms with Crippen LogP contribution >= 0.6 is 11.8 Å². The van der Waals surface area contributed by atoms with Gasteiger partial charge >= 0.3 is 0 Å². The number of nitrogens with zero attached hydrogens (tertiary/aromatic N) is 2. The van der Waals surface area contributed by atoms with Crippen molar-refractivity contribution in [1.82, 2.24) is 5.32 Å². The van der Waals surface area contributed by atoms with Gasteiger partial charge in [0, 0.05) is 12.7 Å². The van der Waals surface area contributed by atoms with Crippen molar-refractivity contribution >= 4 is 29.3 Å². The second-order valence-electron chi connectivity index (χ2n) is 6.18. The predicted octanol–water partition coefficient (Wildman–Crippen LogP) is 3.17. The molecular formula is C21H19N3O2S. The topological polar surface area (TPSA) is 73.2 Å². The minimum Gasteiger partial charge on any atom is -0.354 e. The lowest BCUT2D eigenvalue weighted by molar-refractivity contribution is -0.117. The molecular weight excluding hydrogens is 358 g/mol. The number of benzene rings is 2. The van der Waals surface area contributed by atoms with Gasteiger partial charge in [-0.1, -0.05) is 59.8 Å². The van der Waals surface area contributed by atoms with Crippen molar-refractivity contribution in [3.8, 4) is 6.07 Å². The second kappa shape index (κ2) is 8.11. The summed E-state index contributed by atoms with van der Waals surface area (Å²) in [6, 6.07) is 19.1. The summed E-state index contributed by atoms with van der Waals surface area (Å²) >= 11 is 1.27. The van der Waals surface area contributed by atoms with Gasteiger partial charge < -0.3 is 5.32 Å². The number of thioether (sulfide) groups is 1. The summed E-state index contributed by atoms with van der Waals surface area (Å²) in [7, 11) is 1.47. The molecule has 136 valence electrons. The van der Waals surface area contributed by atoms with Crippen LogP contribution in [-0.2, 0) is 16.0 Å². The van der Waals surface area contributed by atoms with E-state index in [2.05, 4.69) is 5.32 Å². The van der Waals surface area contributed by atoms with E-state index in [4.69, 9.17) is 0 Å². The second-order valence-corrected chi connectivity index (χ2v) is 7.37. The van der Waals surface area contributed by atoms with E-state index >= 15 is 0 Å². The Balaban J connectivity index is 2.02. The van der Waals surface area contributed by atoms with Gasteiger partial charge in [0.2, 0.25) is 5.91 Å². The van der Waals surface area contributed by atoms with E-state index in [-0.39, 0.29) is 11.5 Å². The molecule has 1 N–H and O–H groups in total. The summed E-state index contributed by atoms with van der Waals surface area (Å²) < 4.78 is 0. The van der Waals surface area contributed by atoms with Crippen LogP contribution in [0.15, 0.2) is 65.2 Å². The zero-order chi connectivity index (χ0) is 19.4. The Hall–Kier alpha value is -3.04. The Morgan fingerprint density at radius 1 is 1.19 bits per heavy atom. The van der Waals surface area contributed by atoms with Crippen LogP contribution in [0.3, 0.4) is 0 Å². The highest BCUT2D eigenvalue weighted by molar-refractivity contribution is 8.05. The largest absolute Gasteiger partial charge is 0.354 e. The van der Waals surface area contributed by atoms with E-state index in [9.17, 15) is 14.9 Å². The Morgan fingerprint density at radius 2 is 1.85 bits per heavy atom. The molecule has 0 bridgehead atoms. The molecule has 1 fully saturated rings. The van der Waals surface area contributed by atoms with Crippen LogP contribution in [0.2, 0.25) is 0 Å². The van der Waals surface area contributed by atoms with Crippen LogP contribution in [0, 0.1) is 18.3 Å². The van der Waals surface area contributed by atoms with E-state index in [0.29, 0.717) is 17.1 Å². The number of para-hydroxylation sites is 1. The van der Waals surface area contributed by atoms with Crippen LogP contribution in [0.4, 0.5) is 5.69 Å². The summed E-state index contributed by atoms with van der Waals surface area (Å²) in [4.78, 5) is 26.8. The lowest BCUT2D eigenvalue weighted by Crippen LogP contribution is -2.31. The van der Waals surface area contributed by atoms with Gasteiger partial charge in [-0.05, 0) is 31.0 Å². The molecule has 2 amide bonds. The number of carbonyl (C=O) groups excluding carboxylic acids is 2. The summed E-state index contributed by atoms with van der Waals surface area (Å²) in [6.07, 6.45) is 0.531. The lowest BCUT2D eigenvalue weighted by Gasteiger charge is -2.18. The highest BCUT2D eigenvalue weighted by Crippen LogP contribution is 2.41. The maximum absolute atomic E-state index is 13.1. The van der Waals surface area contributed by atoms with Crippen molar-refractivity contribution in [2.75, 3.05) is 11.9 Å². The molecule has 3 rings (SSSR count). The molecule has 0 aliphatic carbocycles. The molecule has 1 saturated heterocycles. The molecule has 0 radical (unpaired) electrons. The zero-order valence-corrected chi connectivity index (χ0v) is 15.9. The minimum atomic E-state index is -0.496. The van der Waals surface area contributed by atoms with E-state index < -0.39 is 11.2 Å². The first-order valence-electron chi connectivity index (χ1n) is 8.53. The van der Waals surface area contributed by atoms with E-state index in [1.165, 1.54) is 23.7 Å². The Kier molecular flexibility index (Phi) is 5.63. The van der Waals surface area contributed by atoms with Gasteiger partial charge in [0.05, 0.1) is 5.25 Å². The molecule has 5 nitrogen and oxygen atoms in total. The quantitative estimate of drug-likeness (QED) is 0.656. The number of carbonyl (C=O) groups is 2. The molecule has 1 atom stereocenters. The molecule has 1 heterocycles. The molecule has 0 spiro atoms. The summed E-state index contributed by atoms with van der Waals surface area (Å²) in [5.74, 6) is -0.622. The maximum atomic E-state index is 13.1. The first kappa shape index (κ1) is 18.7. The highest BCUT2D eigenvalue weighted by atomic mass is 32.2. The first-order chi connectivity index (χ1) is 13.0. The number of amides is 2. The minimum absolute atomic E-state index is 0.0499. The van der Waals surface area contributed by atoms with Crippen LogP contribution in [0.25, 0.3) is 0 Å². The van der Waals surface area contributed by atoms with Crippen molar-refractivity contribution in [2.45, 2.75) is 18.6 Å². The van der Waals surface area contributed by atoms with Gasteiger partial charge in [0.1, 0.15) is 16.7 Å². The molecule has 6 heteroatoms. The van der Waals surface area contributed by atoms with Gasteiger partial charge in [-0.3, -0.25) is 14.5 Å². The fourth-order valence-corrected chi connectivity index (χ4v) is 4.17. The van der Waals surface area contributed by atoms with Crippen LogP contribution in [-0.4, -0.2) is 24.1 Å². The Labute approximate surface area is 162 Å². The van der Waals surface area contributed by atoms with Crippen molar-refractivity contribution in [3.63, 3.8) is 0 Å². The highest BCUT2D eigenvalue weighted by Gasteiger charge is 2.40. The van der Waals surface area contributed by atoms with Gasteiger partial charge in [0.15, 0.2) is 0 Å². The molecule has 1 aliphatic rings. The molecule has 1 unspecified atom stereocenters. The average Bonchev–Trinajstić information content (AvgIpc) is 3.00. The van der Waals surface area contributed by atoms with Crippen molar-refractivity contribution in [1.29, 1.82) is 5.26 Å². The van der Waals surface area contributed by atoms with Crippen molar-refractivity contribution in [3.05, 3.63) is 76.3 Å². The molecule has 27 heavy (non-hydrogen) atoms. The molecule has 0 saturated carbocycles. The van der Waals surface area contributed by atoms with Gasteiger partial charge in [0.25, 0.3) is 5.91 Å². The predicted molar refractivity (Wildman–Crippen MR) is 107 cm³/mol. The number of nitriles is 1.